The molecule has 0 bridgehead atoms. The number of hydrogen-bond acceptors (Lipinski definition) is 6. The van der Waals surface area contributed by atoms with Gasteiger partial charge in [0.1, 0.15) is 0 Å². The van der Waals surface area contributed by atoms with Crippen LogP contribution in [0.4, 0.5) is 10.5 Å². The number of ether oxygens (including phenoxy) is 1. The summed E-state index contributed by atoms with van der Waals surface area (Å²) in [6.45, 7) is 3.23. The Balaban J connectivity index is 1.56. The average Bonchev–Trinajstić information content (AvgIpc) is 3.36. The molecule has 2 aliphatic carbocycles. The molecule has 8 nitrogen and oxygen atoms in total. The maximum absolute atomic E-state index is 12.5. The van der Waals surface area contributed by atoms with Crippen LogP contribution in [0.1, 0.15) is 54.9 Å². The number of rotatable bonds is 10. The number of carbonyl (C=O) groups excluding carboxylic acids is 2. The first kappa shape index (κ1) is 23.5. The van der Waals surface area contributed by atoms with Crippen LogP contribution in [0.3, 0.4) is 0 Å². The van der Waals surface area contributed by atoms with Gasteiger partial charge in [-0.15, -0.1) is 0 Å². The average molecular weight is 452 g/mol. The second-order valence-corrected chi connectivity index (χ2v) is 10.2. The molecule has 0 saturated heterocycles. The lowest BCUT2D eigenvalue weighted by Crippen LogP contribution is -2.38. The number of benzene rings is 1. The first-order valence-corrected chi connectivity index (χ1v) is 12.7. The van der Waals surface area contributed by atoms with Crippen molar-refractivity contribution >= 4 is 27.7 Å². The van der Waals surface area contributed by atoms with Crippen molar-refractivity contribution in [3.63, 3.8) is 0 Å². The van der Waals surface area contributed by atoms with E-state index in [1.165, 1.54) is 18.2 Å². The van der Waals surface area contributed by atoms with Gasteiger partial charge in [0.2, 0.25) is 10.0 Å². The van der Waals surface area contributed by atoms with E-state index in [9.17, 15) is 18.0 Å². The summed E-state index contributed by atoms with van der Waals surface area (Å²) in [6, 6.07) is 1.57. The van der Waals surface area contributed by atoms with Crippen LogP contribution in [0, 0.1) is 0 Å². The van der Waals surface area contributed by atoms with Gasteiger partial charge in [0.25, 0.3) is 0 Å². The standard InChI is InChI=1S/C22H33N3O5S/c1-3-11-25(15-20(26)30-2)12-6-13-31(28,29)24-22(27)23-21-18-9-4-7-16(18)14-17-8-5-10-19(17)21/h14H,3-13,15H2,1-2H3,(H2,23,24,27). The van der Waals surface area contributed by atoms with Gasteiger partial charge in [-0.05, 0) is 86.7 Å². The minimum atomic E-state index is -3.78. The van der Waals surface area contributed by atoms with Crippen LogP contribution < -0.4 is 10.0 Å². The molecule has 2 aliphatic rings. The zero-order chi connectivity index (χ0) is 22.4. The van der Waals surface area contributed by atoms with Crippen LogP contribution in [-0.2, 0) is 45.2 Å². The summed E-state index contributed by atoms with van der Waals surface area (Å²) in [6.07, 6.45) is 7.14. The van der Waals surface area contributed by atoms with Gasteiger partial charge in [-0.3, -0.25) is 9.69 Å². The Morgan fingerprint density at radius 3 is 2.29 bits per heavy atom. The van der Waals surface area contributed by atoms with Crippen LogP contribution >= 0.6 is 0 Å². The first-order valence-electron chi connectivity index (χ1n) is 11.1. The van der Waals surface area contributed by atoms with Crippen molar-refractivity contribution < 1.29 is 22.7 Å². The second-order valence-electron chi connectivity index (χ2n) is 8.31. The van der Waals surface area contributed by atoms with Gasteiger partial charge < -0.3 is 10.1 Å². The van der Waals surface area contributed by atoms with Gasteiger partial charge in [-0.25, -0.2) is 17.9 Å². The molecule has 1 aromatic carbocycles. The van der Waals surface area contributed by atoms with Gasteiger partial charge in [-0.1, -0.05) is 13.0 Å². The third-order valence-corrected chi connectivity index (χ3v) is 7.29. The molecule has 2 amide bonds. The minimum Gasteiger partial charge on any atom is -0.468 e. The SMILES string of the molecule is CCCN(CCCS(=O)(=O)NC(=O)Nc1c2c(cc3c1CCC3)CCC2)CC(=O)OC. The number of urea groups is 1. The number of nitrogens with zero attached hydrogens (tertiary/aromatic N) is 1. The lowest BCUT2D eigenvalue weighted by atomic mass is 9.99. The molecule has 0 atom stereocenters. The molecule has 2 N–H and O–H groups in total. The Bertz CT molecular complexity index is 897. The molecule has 0 spiro atoms. The number of aryl methyl sites for hydroxylation is 2. The number of nitrogens with one attached hydrogen (secondary N) is 2. The van der Waals surface area contributed by atoms with E-state index in [2.05, 4.69) is 20.8 Å². The molecule has 0 unspecified atom stereocenters. The predicted octanol–water partition coefficient (Wildman–Crippen LogP) is 2.39. The van der Waals surface area contributed by atoms with E-state index >= 15 is 0 Å². The lowest BCUT2D eigenvalue weighted by Gasteiger charge is -2.20. The van der Waals surface area contributed by atoms with Crippen molar-refractivity contribution in [2.75, 3.05) is 37.8 Å². The number of amides is 2. The van der Waals surface area contributed by atoms with Crippen molar-refractivity contribution in [2.24, 2.45) is 0 Å². The fourth-order valence-corrected chi connectivity index (χ4v) is 5.55. The van der Waals surface area contributed by atoms with Gasteiger partial charge in [0, 0.05) is 5.69 Å². The van der Waals surface area contributed by atoms with Crippen LogP contribution in [0.25, 0.3) is 0 Å². The van der Waals surface area contributed by atoms with E-state index in [0.29, 0.717) is 19.5 Å². The third-order valence-electron chi connectivity index (χ3n) is 5.97. The van der Waals surface area contributed by atoms with Crippen molar-refractivity contribution in [1.29, 1.82) is 0 Å². The van der Waals surface area contributed by atoms with Crippen LogP contribution in [0.5, 0.6) is 0 Å². The largest absolute Gasteiger partial charge is 0.468 e. The predicted molar refractivity (Wildman–Crippen MR) is 120 cm³/mol. The smallest absolute Gasteiger partial charge is 0.332 e. The Kier molecular flexibility index (Phi) is 7.94. The quantitative estimate of drug-likeness (QED) is 0.529. The van der Waals surface area contributed by atoms with Gasteiger partial charge in [-0.2, -0.15) is 0 Å². The molecule has 9 heteroatoms. The summed E-state index contributed by atoms with van der Waals surface area (Å²) in [5.41, 5.74) is 5.70. The molecule has 3 rings (SSSR count). The van der Waals surface area contributed by atoms with E-state index in [1.807, 2.05) is 11.8 Å². The highest BCUT2D eigenvalue weighted by molar-refractivity contribution is 7.90. The molecule has 0 aliphatic heterocycles. The summed E-state index contributed by atoms with van der Waals surface area (Å²) in [4.78, 5) is 25.9. The number of sulfonamides is 1. The van der Waals surface area contributed by atoms with E-state index in [0.717, 1.165) is 61.8 Å². The van der Waals surface area contributed by atoms with E-state index in [1.54, 1.807) is 0 Å². The normalized spacial score (nSPS) is 14.9. The number of hydrogen-bond donors (Lipinski definition) is 2. The van der Waals surface area contributed by atoms with Gasteiger partial charge in [0.05, 0.1) is 19.4 Å². The number of esters is 1. The Morgan fingerprint density at radius 2 is 1.71 bits per heavy atom. The molecular formula is C22H33N3O5S. The summed E-state index contributed by atoms with van der Waals surface area (Å²) < 4.78 is 31.7. The first-order chi connectivity index (χ1) is 14.8. The van der Waals surface area contributed by atoms with E-state index in [4.69, 9.17) is 0 Å². The monoisotopic (exact) mass is 451 g/mol. The highest BCUT2D eigenvalue weighted by atomic mass is 32.2. The molecular weight excluding hydrogens is 418 g/mol. The number of carbonyl (C=O) groups is 2. The topological polar surface area (TPSA) is 105 Å². The van der Waals surface area contributed by atoms with Crippen molar-refractivity contribution in [1.82, 2.24) is 9.62 Å². The van der Waals surface area contributed by atoms with Crippen molar-refractivity contribution in [3.05, 3.63) is 28.3 Å². The minimum absolute atomic E-state index is 0.128. The summed E-state index contributed by atoms with van der Waals surface area (Å²) >= 11 is 0. The third kappa shape index (κ3) is 6.20. The van der Waals surface area contributed by atoms with Gasteiger partial charge >= 0.3 is 12.0 Å². The summed E-state index contributed by atoms with van der Waals surface area (Å²) in [5.74, 6) is -0.538. The number of anilines is 1. The maximum atomic E-state index is 12.5. The molecule has 0 aromatic heterocycles. The molecule has 0 saturated carbocycles. The Labute approximate surface area is 184 Å². The van der Waals surface area contributed by atoms with Gasteiger partial charge in [0.15, 0.2) is 0 Å². The molecule has 172 valence electrons. The fourth-order valence-electron chi connectivity index (χ4n) is 4.61. The molecule has 1 aromatic rings. The molecule has 0 heterocycles. The van der Waals surface area contributed by atoms with E-state index in [-0.39, 0.29) is 18.3 Å². The highest BCUT2D eigenvalue weighted by Gasteiger charge is 2.26. The summed E-state index contributed by atoms with van der Waals surface area (Å²) in [7, 11) is -2.45. The number of fused-ring (bicyclic) bond motifs is 2. The number of methoxy groups -OCH3 is 1. The maximum Gasteiger partial charge on any atom is 0.332 e. The van der Waals surface area contributed by atoms with Crippen LogP contribution in [0.15, 0.2) is 6.07 Å². The van der Waals surface area contributed by atoms with Crippen LogP contribution in [0.2, 0.25) is 0 Å². The molecule has 0 fully saturated rings. The fraction of sp³-hybridized carbons (Fsp3) is 0.636. The lowest BCUT2D eigenvalue weighted by molar-refractivity contribution is -0.141. The van der Waals surface area contributed by atoms with Crippen molar-refractivity contribution in [3.8, 4) is 0 Å². The zero-order valence-electron chi connectivity index (χ0n) is 18.5. The molecule has 0 radical (unpaired) electrons. The van der Waals surface area contributed by atoms with Crippen LogP contribution in [-0.4, -0.2) is 57.8 Å². The van der Waals surface area contributed by atoms with E-state index < -0.39 is 16.1 Å². The Morgan fingerprint density at radius 1 is 1.06 bits per heavy atom. The second kappa shape index (κ2) is 10.5. The van der Waals surface area contributed by atoms with Crippen molar-refractivity contribution in [2.45, 2.75) is 58.3 Å². The molecule has 31 heavy (non-hydrogen) atoms. The highest BCUT2D eigenvalue weighted by Crippen LogP contribution is 2.38. The summed E-state index contributed by atoms with van der Waals surface area (Å²) in [5, 5.41) is 2.85. The Hall–Kier alpha value is -2.13. The zero-order valence-corrected chi connectivity index (χ0v) is 19.3.